The van der Waals surface area contributed by atoms with Gasteiger partial charge in [-0.15, -0.1) is 0 Å². The van der Waals surface area contributed by atoms with Gasteiger partial charge in [0.15, 0.2) is 0 Å². The van der Waals surface area contributed by atoms with Crippen LogP contribution in [0.25, 0.3) is 0 Å². The largest absolute Gasteiger partial charge is 0.496 e. The highest BCUT2D eigenvalue weighted by molar-refractivity contribution is 7.99. The topological polar surface area (TPSA) is 66.8 Å². The Morgan fingerprint density at radius 3 is 2.78 bits per heavy atom. The molecular weight excluding hydrogens is 252 g/mol. The van der Waals surface area contributed by atoms with E-state index in [1.54, 1.807) is 30.0 Å². The molecule has 0 saturated heterocycles. The molecule has 0 heterocycles. The summed E-state index contributed by atoms with van der Waals surface area (Å²) in [5.41, 5.74) is 1.20. The quantitative estimate of drug-likeness (QED) is 0.796. The van der Waals surface area contributed by atoms with Gasteiger partial charge in [-0.1, -0.05) is 13.0 Å². The number of methoxy groups -OCH3 is 1. The lowest BCUT2D eigenvalue weighted by atomic mass is 10.1. The van der Waals surface area contributed by atoms with E-state index in [1.807, 2.05) is 0 Å². The summed E-state index contributed by atoms with van der Waals surface area (Å²) in [5.74, 6) is 0.173. The number of thioether (sulfide) groups is 1. The van der Waals surface area contributed by atoms with Crippen LogP contribution in [0.3, 0.4) is 0 Å². The molecule has 1 rings (SSSR count). The fraction of sp³-hybridized carbons (Fsp3) is 0.462. The minimum absolute atomic E-state index is 0.176. The van der Waals surface area contributed by atoms with E-state index in [-0.39, 0.29) is 12.2 Å². The number of ether oxygens (including phenoxy) is 1. The number of aliphatic hydroxyl groups excluding tert-OH is 1. The lowest BCUT2D eigenvalue weighted by Crippen LogP contribution is -2.02. The lowest BCUT2D eigenvalue weighted by molar-refractivity contribution is 0.0693. The van der Waals surface area contributed by atoms with Gasteiger partial charge in [0, 0.05) is 17.6 Å². The van der Waals surface area contributed by atoms with E-state index in [9.17, 15) is 4.79 Å². The molecule has 100 valence electrons. The van der Waals surface area contributed by atoms with E-state index in [0.29, 0.717) is 11.0 Å². The third kappa shape index (κ3) is 4.23. The van der Waals surface area contributed by atoms with Gasteiger partial charge < -0.3 is 14.9 Å². The Morgan fingerprint density at radius 1 is 1.50 bits per heavy atom. The first-order chi connectivity index (χ1) is 8.58. The monoisotopic (exact) mass is 270 g/mol. The SMILES string of the molecule is COc1cc(CSC(C)CCO)ccc1C(=O)O. The molecule has 0 bridgehead atoms. The Balaban J connectivity index is 2.71. The second-order valence-electron chi connectivity index (χ2n) is 3.97. The summed E-state index contributed by atoms with van der Waals surface area (Å²) in [4.78, 5) is 10.9. The van der Waals surface area contributed by atoms with Crippen LogP contribution in [0.1, 0.15) is 29.3 Å². The molecule has 1 aromatic carbocycles. The highest BCUT2D eigenvalue weighted by Crippen LogP contribution is 2.25. The number of benzene rings is 1. The molecule has 2 N–H and O–H groups in total. The average Bonchev–Trinajstić information content (AvgIpc) is 2.36. The molecule has 5 heteroatoms. The summed E-state index contributed by atoms with van der Waals surface area (Å²) < 4.78 is 5.07. The van der Waals surface area contributed by atoms with Gasteiger partial charge in [-0.2, -0.15) is 11.8 Å². The van der Waals surface area contributed by atoms with Crippen LogP contribution in [-0.4, -0.2) is 35.1 Å². The first-order valence-corrected chi connectivity index (χ1v) is 6.76. The number of aromatic carboxylic acids is 1. The van der Waals surface area contributed by atoms with Gasteiger partial charge in [0.25, 0.3) is 0 Å². The van der Waals surface area contributed by atoms with Crippen molar-refractivity contribution in [2.24, 2.45) is 0 Å². The number of carboxylic acid groups (broad SMARTS) is 1. The van der Waals surface area contributed by atoms with Crippen LogP contribution in [0.2, 0.25) is 0 Å². The van der Waals surface area contributed by atoms with Gasteiger partial charge in [-0.05, 0) is 24.1 Å². The molecule has 4 nitrogen and oxygen atoms in total. The molecule has 0 amide bonds. The molecule has 0 radical (unpaired) electrons. The molecule has 1 aromatic rings. The van der Waals surface area contributed by atoms with E-state index in [4.69, 9.17) is 14.9 Å². The minimum Gasteiger partial charge on any atom is -0.496 e. The zero-order chi connectivity index (χ0) is 13.5. The summed E-state index contributed by atoms with van der Waals surface area (Å²) in [6.45, 7) is 2.25. The predicted octanol–water partition coefficient (Wildman–Crippen LogP) is 2.40. The van der Waals surface area contributed by atoms with Gasteiger partial charge in [-0.3, -0.25) is 0 Å². The van der Waals surface area contributed by atoms with Gasteiger partial charge >= 0.3 is 5.97 Å². The van der Waals surface area contributed by atoms with E-state index in [1.165, 1.54) is 7.11 Å². The van der Waals surface area contributed by atoms with Crippen LogP contribution >= 0.6 is 11.8 Å². The molecule has 0 saturated carbocycles. The minimum atomic E-state index is -0.986. The molecule has 18 heavy (non-hydrogen) atoms. The third-order valence-electron chi connectivity index (χ3n) is 2.57. The van der Waals surface area contributed by atoms with Crippen molar-refractivity contribution in [1.82, 2.24) is 0 Å². The van der Waals surface area contributed by atoms with Crippen LogP contribution < -0.4 is 4.74 Å². The van der Waals surface area contributed by atoms with Gasteiger partial charge in [0.05, 0.1) is 7.11 Å². The van der Waals surface area contributed by atoms with Crippen molar-refractivity contribution in [3.05, 3.63) is 29.3 Å². The number of carboxylic acids is 1. The molecular formula is C13H18O4S. The Labute approximate surface area is 111 Å². The zero-order valence-corrected chi connectivity index (χ0v) is 11.4. The maximum Gasteiger partial charge on any atom is 0.339 e. The molecule has 0 aliphatic heterocycles. The van der Waals surface area contributed by atoms with Gasteiger partial charge in [0.2, 0.25) is 0 Å². The molecule has 0 aliphatic carbocycles. The number of hydrogen-bond acceptors (Lipinski definition) is 4. The zero-order valence-electron chi connectivity index (χ0n) is 10.5. The molecule has 0 fully saturated rings. The summed E-state index contributed by atoms with van der Waals surface area (Å²) in [5, 5.41) is 18.2. The van der Waals surface area contributed by atoms with Crippen molar-refractivity contribution in [2.75, 3.05) is 13.7 Å². The number of hydrogen-bond donors (Lipinski definition) is 2. The second kappa shape index (κ2) is 7.28. The summed E-state index contributed by atoms with van der Waals surface area (Å²) >= 11 is 1.72. The maximum absolute atomic E-state index is 10.9. The fourth-order valence-electron chi connectivity index (χ4n) is 1.51. The van der Waals surface area contributed by atoms with Crippen molar-refractivity contribution in [2.45, 2.75) is 24.3 Å². The van der Waals surface area contributed by atoms with E-state index in [0.717, 1.165) is 17.7 Å². The molecule has 0 aliphatic rings. The van der Waals surface area contributed by atoms with Crippen LogP contribution in [0.4, 0.5) is 0 Å². The Kier molecular flexibility index (Phi) is 6.01. The van der Waals surface area contributed by atoms with Crippen molar-refractivity contribution >= 4 is 17.7 Å². The summed E-state index contributed by atoms with van der Waals surface area (Å²) in [7, 11) is 1.47. The van der Waals surface area contributed by atoms with E-state index >= 15 is 0 Å². The van der Waals surface area contributed by atoms with Crippen molar-refractivity contribution in [3.8, 4) is 5.75 Å². The molecule has 1 unspecified atom stereocenters. The Bertz CT molecular complexity index is 406. The number of rotatable bonds is 7. The maximum atomic E-state index is 10.9. The third-order valence-corrected chi connectivity index (χ3v) is 3.87. The second-order valence-corrected chi connectivity index (χ2v) is 5.40. The number of carbonyl (C=O) groups is 1. The Morgan fingerprint density at radius 2 is 2.22 bits per heavy atom. The summed E-state index contributed by atoms with van der Waals surface area (Å²) in [6, 6.07) is 5.11. The molecule has 0 spiro atoms. The number of aliphatic hydroxyl groups is 1. The van der Waals surface area contributed by atoms with Crippen molar-refractivity contribution < 1.29 is 19.7 Å². The summed E-state index contributed by atoms with van der Waals surface area (Å²) in [6.07, 6.45) is 0.759. The molecule has 1 atom stereocenters. The van der Waals surface area contributed by atoms with Crippen LogP contribution in [0, 0.1) is 0 Å². The highest BCUT2D eigenvalue weighted by Gasteiger charge is 2.11. The average molecular weight is 270 g/mol. The predicted molar refractivity (Wildman–Crippen MR) is 72.4 cm³/mol. The first kappa shape index (κ1) is 14.9. The highest BCUT2D eigenvalue weighted by atomic mass is 32.2. The van der Waals surface area contributed by atoms with Gasteiger partial charge in [0.1, 0.15) is 11.3 Å². The smallest absolute Gasteiger partial charge is 0.339 e. The molecule has 0 aromatic heterocycles. The fourth-order valence-corrected chi connectivity index (χ4v) is 2.43. The Hall–Kier alpha value is -1.20. The van der Waals surface area contributed by atoms with E-state index < -0.39 is 5.97 Å². The normalized spacial score (nSPS) is 12.2. The first-order valence-electron chi connectivity index (χ1n) is 5.71. The van der Waals surface area contributed by atoms with Crippen molar-refractivity contribution in [3.63, 3.8) is 0 Å². The standard InChI is InChI=1S/C13H18O4S/c1-9(5-6-14)18-8-10-3-4-11(13(15)16)12(7-10)17-2/h3-4,7,9,14H,5-6,8H2,1-2H3,(H,15,16). The van der Waals surface area contributed by atoms with Crippen LogP contribution in [-0.2, 0) is 5.75 Å². The van der Waals surface area contributed by atoms with Gasteiger partial charge in [-0.25, -0.2) is 4.79 Å². The lowest BCUT2D eigenvalue weighted by Gasteiger charge is -2.11. The van der Waals surface area contributed by atoms with Crippen molar-refractivity contribution in [1.29, 1.82) is 0 Å². The van der Waals surface area contributed by atoms with Crippen LogP contribution in [0.5, 0.6) is 5.75 Å². The van der Waals surface area contributed by atoms with Crippen LogP contribution in [0.15, 0.2) is 18.2 Å². The van der Waals surface area contributed by atoms with E-state index in [2.05, 4.69) is 6.92 Å².